The molecule has 1 unspecified atom stereocenters. The molecular formula is C10H10ClNO3. The number of rotatable bonds is 1. The standard InChI is InChI=1S/C10H10ClNO3/c1-10(9(13)14)5-15-8-3-2-6(11)4-7(8)12-10/h2-4,12H,5H2,1H3,(H,13,14). The maximum atomic E-state index is 11.0. The summed E-state index contributed by atoms with van der Waals surface area (Å²) in [5, 5.41) is 12.5. The van der Waals surface area contributed by atoms with Crippen LogP contribution in [0.2, 0.25) is 5.02 Å². The number of carboxylic acid groups (broad SMARTS) is 1. The summed E-state index contributed by atoms with van der Waals surface area (Å²) in [6.07, 6.45) is 0. The molecule has 0 saturated heterocycles. The molecule has 0 saturated carbocycles. The smallest absolute Gasteiger partial charge is 0.332 e. The van der Waals surface area contributed by atoms with E-state index < -0.39 is 11.5 Å². The molecule has 5 heteroatoms. The predicted molar refractivity (Wildman–Crippen MR) is 56.6 cm³/mol. The van der Waals surface area contributed by atoms with Crippen molar-refractivity contribution in [1.82, 2.24) is 0 Å². The number of aliphatic carboxylic acids is 1. The first-order chi connectivity index (χ1) is 7.01. The van der Waals surface area contributed by atoms with Crippen LogP contribution in [0.25, 0.3) is 0 Å². The van der Waals surface area contributed by atoms with Gasteiger partial charge >= 0.3 is 5.97 Å². The normalized spacial score (nSPS) is 23.6. The Morgan fingerprint density at radius 1 is 1.67 bits per heavy atom. The van der Waals surface area contributed by atoms with Gasteiger partial charge in [0.05, 0.1) is 5.69 Å². The first kappa shape index (κ1) is 10.1. The van der Waals surface area contributed by atoms with E-state index in [1.807, 2.05) is 0 Å². The highest BCUT2D eigenvalue weighted by Gasteiger charge is 2.38. The lowest BCUT2D eigenvalue weighted by Crippen LogP contribution is -2.50. The van der Waals surface area contributed by atoms with E-state index in [1.165, 1.54) is 0 Å². The number of ether oxygens (including phenoxy) is 1. The highest BCUT2D eigenvalue weighted by molar-refractivity contribution is 6.31. The SMILES string of the molecule is CC1(C(=O)O)COc2ccc(Cl)cc2N1. The number of halogens is 1. The minimum Gasteiger partial charge on any atom is -0.488 e. The molecule has 1 atom stereocenters. The number of hydrogen-bond donors (Lipinski definition) is 2. The van der Waals surface area contributed by atoms with Crippen LogP contribution in [0.5, 0.6) is 5.75 Å². The van der Waals surface area contributed by atoms with Crippen molar-refractivity contribution in [2.45, 2.75) is 12.5 Å². The second-order valence-electron chi connectivity index (χ2n) is 3.69. The van der Waals surface area contributed by atoms with Crippen molar-refractivity contribution in [1.29, 1.82) is 0 Å². The molecule has 1 aliphatic rings. The molecule has 0 radical (unpaired) electrons. The topological polar surface area (TPSA) is 58.6 Å². The van der Waals surface area contributed by atoms with E-state index in [-0.39, 0.29) is 6.61 Å². The number of benzene rings is 1. The van der Waals surface area contributed by atoms with Gasteiger partial charge in [0.2, 0.25) is 0 Å². The molecule has 0 amide bonds. The largest absolute Gasteiger partial charge is 0.488 e. The average molecular weight is 228 g/mol. The molecule has 80 valence electrons. The monoisotopic (exact) mass is 227 g/mol. The first-order valence-electron chi connectivity index (χ1n) is 4.45. The van der Waals surface area contributed by atoms with E-state index >= 15 is 0 Å². The molecule has 0 fully saturated rings. The third-order valence-electron chi connectivity index (χ3n) is 2.34. The fourth-order valence-electron chi connectivity index (χ4n) is 1.40. The molecule has 2 N–H and O–H groups in total. The molecule has 0 bridgehead atoms. The number of carboxylic acids is 1. The lowest BCUT2D eigenvalue weighted by Gasteiger charge is -2.33. The van der Waals surface area contributed by atoms with E-state index in [1.54, 1.807) is 25.1 Å². The van der Waals surface area contributed by atoms with Gasteiger partial charge in [-0.15, -0.1) is 0 Å². The van der Waals surface area contributed by atoms with Crippen molar-refractivity contribution in [3.05, 3.63) is 23.2 Å². The van der Waals surface area contributed by atoms with Gasteiger partial charge in [-0.2, -0.15) is 0 Å². The Balaban J connectivity index is 2.37. The first-order valence-corrected chi connectivity index (χ1v) is 4.83. The minimum absolute atomic E-state index is 0.0942. The van der Waals surface area contributed by atoms with Crippen LogP contribution in [-0.2, 0) is 4.79 Å². The summed E-state index contributed by atoms with van der Waals surface area (Å²) >= 11 is 5.81. The molecule has 0 aliphatic carbocycles. The van der Waals surface area contributed by atoms with Crippen LogP contribution in [0.15, 0.2) is 18.2 Å². The summed E-state index contributed by atoms with van der Waals surface area (Å²) in [5.41, 5.74) is -0.490. The van der Waals surface area contributed by atoms with E-state index in [0.29, 0.717) is 16.5 Å². The van der Waals surface area contributed by atoms with Crippen LogP contribution in [0.1, 0.15) is 6.92 Å². The average Bonchev–Trinajstić information content (AvgIpc) is 2.16. The van der Waals surface area contributed by atoms with Crippen molar-refractivity contribution >= 4 is 23.3 Å². The highest BCUT2D eigenvalue weighted by Crippen LogP contribution is 2.34. The summed E-state index contributed by atoms with van der Waals surface area (Å²) < 4.78 is 5.35. The Labute approximate surface area is 91.8 Å². The third-order valence-corrected chi connectivity index (χ3v) is 2.58. The van der Waals surface area contributed by atoms with Crippen molar-refractivity contribution < 1.29 is 14.6 Å². The number of fused-ring (bicyclic) bond motifs is 1. The fraction of sp³-hybridized carbons (Fsp3) is 0.300. The summed E-state index contributed by atoms with van der Waals surface area (Å²) in [6.45, 7) is 1.66. The fourth-order valence-corrected chi connectivity index (χ4v) is 1.57. The lowest BCUT2D eigenvalue weighted by molar-refractivity contribution is -0.143. The number of anilines is 1. The molecule has 1 aromatic carbocycles. The second-order valence-corrected chi connectivity index (χ2v) is 4.13. The number of carbonyl (C=O) groups is 1. The summed E-state index contributed by atoms with van der Waals surface area (Å²) in [7, 11) is 0. The Hall–Kier alpha value is -1.42. The van der Waals surface area contributed by atoms with E-state index in [9.17, 15) is 4.79 Å². The number of hydrogen-bond acceptors (Lipinski definition) is 3. The molecule has 1 heterocycles. The van der Waals surface area contributed by atoms with Gasteiger partial charge in [0.15, 0.2) is 5.54 Å². The van der Waals surface area contributed by atoms with Crippen LogP contribution in [0.4, 0.5) is 5.69 Å². The van der Waals surface area contributed by atoms with Crippen molar-refractivity contribution in [2.24, 2.45) is 0 Å². The quantitative estimate of drug-likeness (QED) is 0.770. The third kappa shape index (κ3) is 1.72. The second kappa shape index (κ2) is 3.31. The Bertz CT molecular complexity index is 421. The summed E-state index contributed by atoms with van der Waals surface area (Å²) in [5.74, 6) is -0.328. The van der Waals surface area contributed by atoms with Crippen LogP contribution in [0, 0.1) is 0 Å². The zero-order valence-corrected chi connectivity index (χ0v) is 8.84. The molecule has 1 aromatic rings. The Morgan fingerprint density at radius 3 is 3.07 bits per heavy atom. The zero-order valence-electron chi connectivity index (χ0n) is 8.08. The van der Waals surface area contributed by atoms with Crippen molar-refractivity contribution in [3.8, 4) is 5.75 Å². The maximum Gasteiger partial charge on any atom is 0.332 e. The predicted octanol–water partition coefficient (Wildman–Crippen LogP) is 1.99. The van der Waals surface area contributed by atoms with Gasteiger partial charge in [-0.05, 0) is 25.1 Å². The minimum atomic E-state index is -1.10. The van der Waals surface area contributed by atoms with E-state index in [0.717, 1.165) is 0 Å². The summed E-state index contributed by atoms with van der Waals surface area (Å²) in [4.78, 5) is 11.0. The van der Waals surface area contributed by atoms with Gasteiger partial charge in [-0.3, -0.25) is 0 Å². The zero-order chi connectivity index (χ0) is 11.1. The number of nitrogens with one attached hydrogen (secondary N) is 1. The highest BCUT2D eigenvalue weighted by atomic mass is 35.5. The van der Waals surface area contributed by atoms with Gasteiger partial charge in [0, 0.05) is 5.02 Å². The van der Waals surface area contributed by atoms with Gasteiger partial charge in [-0.1, -0.05) is 11.6 Å². The van der Waals surface area contributed by atoms with Crippen molar-refractivity contribution in [2.75, 3.05) is 11.9 Å². The van der Waals surface area contributed by atoms with Crippen molar-refractivity contribution in [3.63, 3.8) is 0 Å². The Morgan fingerprint density at radius 2 is 2.40 bits per heavy atom. The molecule has 15 heavy (non-hydrogen) atoms. The molecule has 0 aromatic heterocycles. The summed E-state index contributed by atoms with van der Waals surface area (Å²) in [6, 6.07) is 5.06. The van der Waals surface area contributed by atoms with Crippen LogP contribution in [0.3, 0.4) is 0 Å². The van der Waals surface area contributed by atoms with Gasteiger partial charge < -0.3 is 15.2 Å². The van der Waals surface area contributed by atoms with Crippen LogP contribution in [-0.4, -0.2) is 23.2 Å². The Kier molecular flexibility index (Phi) is 2.23. The van der Waals surface area contributed by atoms with E-state index in [2.05, 4.69) is 5.32 Å². The van der Waals surface area contributed by atoms with Crippen LogP contribution >= 0.6 is 11.6 Å². The molecule has 1 aliphatic heterocycles. The van der Waals surface area contributed by atoms with Gasteiger partial charge in [0.25, 0.3) is 0 Å². The molecule has 4 nitrogen and oxygen atoms in total. The maximum absolute atomic E-state index is 11.0. The molecular weight excluding hydrogens is 218 g/mol. The molecule has 2 rings (SSSR count). The van der Waals surface area contributed by atoms with Crippen LogP contribution < -0.4 is 10.1 Å². The molecule has 0 spiro atoms. The van der Waals surface area contributed by atoms with Gasteiger partial charge in [-0.25, -0.2) is 4.79 Å². The van der Waals surface area contributed by atoms with E-state index in [4.69, 9.17) is 21.4 Å². The van der Waals surface area contributed by atoms with Gasteiger partial charge in [0.1, 0.15) is 12.4 Å². The lowest BCUT2D eigenvalue weighted by atomic mass is 10.0.